The molecule has 1 atom stereocenters. The highest BCUT2D eigenvalue weighted by Crippen LogP contribution is 2.21. The van der Waals surface area contributed by atoms with Crippen molar-refractivity contribution >= 4 is 11.6 Å². The molecular weight excluding hydrogens is 244 g/mol. The van der Waals surface area contributed by atoms with Crippen LogP contribution >= 0.6 is 11.6 Å². The van der Waals surface area contributed by atoms with E-state index in [-0.39, 0.29) is 6.04 Å². The summed E-state index contributed by atoms with van der Waals surface area (Å²) in [6.07, 6.45) is 0.846. The van der Waals surface area contributed by atoms with Crippen molar-refractivity contribution in [1.29, 1.82) is 0 Å². The maximum atomic E-state index is 5.88. The smallest absolute Gasteiger partial charge is 0.0502 e. The van der Waals surface area contributed by atoms with Crippen LogP contribution in [0.15, 0.2) is 48.5 Å². The van der Waals surface area contributed by atoms with Gasteiger partial charge in [-0.15, -0.1) is 0 Å². The van der Waals surface area contributed by atoms with Crippen LogP contribution in [0, 0.1) is 6.92 Å². The second-order valence-electron chi connectivity index (χ2n) is 4.41. The topological polar surface area (TPSA) is 38.0 Å². The molecule has 0 heterocycles. The Balaban J connectivity index is 2.20. The minimum Gasteiger partial charge on any atom is -0.271 e. The van der Waals surface area contributed by atoms with Gasteiger partial charge in [0.25, 0.3) is 0 Å². The predicted molar refractivity (Wildman–Crippen MR) is 76.4 cm³/mol. The van der Waals surface area contributed by atoms with Crippen LogP contribution in [-0.4, -0.2) is 0 Å². The summed E-state index contributed by atoms with van der Waals surface area (Å²) in [4.78, 5) is 0. The standard InChI is InChI=1S/C15H17ClN2/c1-11-4-2-3-5-14(11)15(18-17)10-12-6-8-13(16)9-7-12/h2-9,15,18H,10,17H2,1H3. The minimum atomic E-state index is 0.118. The first-order valence-electron chi connectivity index (χ1n) is 5.97. The molecule has 94 valence electrons. The van der Waals surface area contributed by atoms with Gasteiger partial charge in [-0.2, -0.15) is 0 Å². The Morgan fingerprint density at radius 2 is 1.78 bits per heavy atom. The molecular formula is C15H17ClN2. The lowest BCUT2D eigenvalue weighted by atomic mass is 9.96. The molecule has 2 aromatic rings. The van der Waals surface area contributed by atoms with Gasteiger partial charge < -0.3 is 0 Å². The van der Waals surface area contributed by atoms with E-state index in [2.05, 4.69) is 24.5 Å². The average Bonchev–Trinajstić information content (AvgIpc) is 2.39. The minimum absolute atomic E-state index is 0.118. The molecule has 3 N–H and O–H groups in total. The summed E-state index contributed by atoms with van der Waals surface area (Å²) in [7, 11) is 0. The maximum absolute atomic E-state index is 5.88. The highest BCUT2D eigenvalue weighted by atomic mass is 35.5. The van der Waals surface area contributed by atoms with Crippen LogP contribution in [0.3, 0.4) is 0 Å². The van der Waals surface area contributed by atoms with Gasteiger partial charge in [0.05, 0.1) is 6.04 Å². The van der Waals surface area contributed by atoms with E-state index in [0.29, 0.717) is 0 Å². The molecule has 0 bridgehead atoms. The Hall–Kier alpha value is -1.35. The molecule has 18 heavy (non-hydrogen) atoms. The normalized spacial score (nSPS) is 12.4. The van der Waals surface area contributed by atoms with Crippen molar-refractivity contribution in [1.82, 2.24) is 5.43 Å². The zero-order chi connectivity index (χ0) is 13.0. The van der Waals surface area contributed by atoms with Crippen molar-refractivity contribution in [2.24, 2.45) is 5.84 Å². The summed E-state index contributed by atoms with van der Waals surface area (Å²) in [5.41, 5.74) is 6.58. The molecule has 2 aromatic carbocycles. The van der Waals surface area contributed by atoms with Gasteiger partial charge in [0.15, 0.2) is 0 Å². The zero-order valence-corrected chi connectivity index (χ0v) is 11.1. The van der Waals surface area contributed by atoms with Crippen molar-refractivity contribution in [3.63, 3.8) is 0 Å². The van der Waals surface area contributed by atoms with Crippen LogP contribution in [0.2, 0.25) is 5.02 Å². The van der Waals surface area contributed by atoms with Crippen molar-refractivity contribution in [2.75, 3.05) is 0 Å². The Morgan fingerprint density at radius 3 is 2.39 bits per heavy atom. The number of hydrogen-bond donors (Lipinski definition) is 2. The van der Waals surface area contributed by atoms with Gasteiger partial charge in [0.2, 0.25) is 0 Å². The first-order chi connectivity index (χ1) is 8.70. The zero-order valence-electron chi connectivity index (χ0n) is 10.4. The number of hydrazine groups is 1. The van der Waals surface area contributed by atoms with E-state index >= 15 is 0 Å². The number of hydrogen-bond acceptors (Lipinski definition) is 2. The Bertz CT molecular complexity index is 508. The van der Waals surface area contributed by atoms with Crippen LogP contribution in [0.4, 0.5) is 0 Å². The fourth-order valence-electron chi connectivity index (χ4n) is 2.09. The number of nitrogens with one attached hydrogen (secondary N) is 1. The van der Waals surface area contributed by atoms with Gasteiger partial charge >= 0.3 is 0 Å². The third-order valence-electron chi connectivity index (χ3n) is 3.12. The lowest BCUT2D eigenvalue weighted by Gasteiger charge is -2.18. The molecule has 0 aliphatic carbocycles. The van der Waals surface area contributed by atoms with Crippen LogP contribution in [0.5, 0.6) is 0 Å². The monoisotopic (exact) mass is 260 g/mol. The Morgan fingerprint density at radius 1 is 1.11 bits per heavy atom. The van der Waals surface area contributed by atoms with Crippen molar-refractivity contribution in [3.05, 3.63) is 70.2 Å². The van der Waals surface area contributed by atoms with Gasteiger partial charge in [0.1, 0.15) is 0 Å². The van der Waals surface area contributed by atoms with E-state index < -0.39 is 0 Å². The van der Waals surface area contributed by atoms with E-state index in [1.54, 1.807) is 0 Å². The second-order valence-corrected chi connectivity index (χ2v) is 4.84. The SMILES string of the molecule is Cc1ccccc1C(Cc1ccc(Cl)cc1)NN. The highest BCUT2D eigenvalue weighted by Gasteiger charge is 2.12. The predicted octanol–water partition coefficient (Wildman–Crippen LogP) is 3.40. The fourth-order valence-corrected chi connectivity index (χ4v) is 2.22. The summed E-state index contributed by atoms with van der Waals surface area (Å²) in [6, 6.07) is 16.3. The number of rotatable bonds is 4. The van der Waals surface area contributed by atoms with E-state index in [0.717, 1.165) is 11.4 Å². The molecule has 0 saturated heterocycles. The number of benzene rings is 2. The van der Waals surface area contributed by atoms with Crippen LogP contribution < -0.4 is 11.3 Å². The van der Waals surface area contributed by atoms with Crippen LogP contribution in [0.1, 0.15) is 22.7 Å². The van der Waals surface area contributed by atoms with Gasteiger partial charge in [-0.1, -0.05) is 48.0 Å². The second kappa shape index (κ2) is 6.01. The Labute approximate surface area is 113 Å². The third kappa shape index (κ3) is 3.10. The number of halogens is 1. The maximum Gasteiger partial charge on any atom is 0.0502 e. The van der Waals surface area contributed by atoms with E-state index in [1.807, 2.05) is 36.4 Å². The first-order valence-corrected chi connectivity index (χ1v) is 6.34. The van der Waals surface area contributed by atoms with Crippen LogP contribution in [0.25, 0.3) is 0 Å². The summed E-state index contributed by atoms with van der Waals surface area (Å²) in [5, 5.41) is 0.756. The van der Waals surface area contributed by atoms with E-state index in [1.165, 1.54) is 16.7 Å². The molecule has 0 amide bonds. The van der Waals surface area contributed by atoms with Crippen LogP contribution in [-0.2, 0) is 6.42 Å². The molecule has 0 spiro atoms. The molecule has 2 rings (SSSR count). The average molecular weight is 261 g/mol. The van der Waals surface area contributed by atoms with Gasteiger partial charge in [-0.05, 0) is 42.2 Å². The van der Waals surface area contributed by atoms with E-state index in [9.17, 15) is 0 Å². The molecule has 0 aliphatic rings. The summed E-state index contributed by atoms with van der Waals surface area (Å²) < 4.78 is 0. The molecule has 1 unspecified atom stereocenters. The molecule has 0 fully saturated rings. The Kier molecular flexibility index (Phi) is 4.37. The summed E-state index contributed by atoms with van der Waals surface area (Å²) in [6.45, 7) is 2.10. The lowest BCUT2D eigenvalue weighted by molar-refractivity contribution is 0.549. The largest absolute Gasteiger partial charge is 0.271 e. The van der Waals surface area contributed by atoms with E-state index in [4.69, 9.17) is 17.4 Å². The molecule has 0 radical (unpaired) electrons. The summed E-state index contributed by atoms with van der Waals surface area (Å²) in [5.74, 6) is 5.68. The van der Waals surface area contributed by atoms with Gasteiger partial charge in [-0.25, -0.2) is 0 Å². The quantitative estimate of drug-likeness (QED) is 0.653. The number of nitrogens with two attached hydrogens (primary N) is 1. The van der Waals surface area contributed by atoms with Crippen molar-refractivity contribution in [2.45, 2.75) is 19.4 Å². The molecule has 0 saturated carbocycles. The van der Waals surface area contributed by atoms with Gasteiger partial charge in [0, 0.05) is 5.02 Å². The van der Waals surface area contributed by atoms with Gasteiger partial charge in [-0.3, -0.25) is 11.3 Å². The lowest BCUT2D eigenvalue weighted by Crippen LogP contribution is -2.30. The third-order valence-corrected chi connectivity index (χ3v) is 3.37. The molecule has 2 nitrogen and oxygen atoms in total. The van der Waals surface area contributed by atoms with Crippen molar-refractivity contribution < 1.29 is 0 Å². The number of aryl methyl sites for hydroxylation is 1. The highest BCUT2D eigenvalue weighted by molar-refractivity contribution is 6.30. The fraction of sp³-hybridized carbons (Fsp3) is 0.200. The summed E-state index contributed by atoms with van der Waals surface area (Å²) >= 11 is 5.88. The molecule has 0 aliphatic heterocycles. The van der Waals surface area contributed by atoms with Crippen molar-refractivity contribution in [3.8, 4) is 0 Å². The molecule has 3 heteroatoms. The molecule has 0 aromatic heterocycles. The first kappa shape index (κ1) is 13.1.